The number of urea groups is 1. The molecule has 1 fully saturated rings. The number of rotatable bonds is 8. The van der Waals surface area contributed by atoms with Crippen LogP contribution in [0.25, 0.3) is 0 Å². The van der Waals surface area contributed by atoms with Crippen molar-refractivity contribution in [2.75, 3.05) is 24.2 Å². The fourth-order valence-corrected chi connectivity index (χ4v) is 3.51. The van der Waals surface area contributed by atoms with Gasteiger partial charge in [0.2, 0.25) is 0 Å². The van der Waals surface area contributed by atoms with E-state index in [0.717, 1.165) is 37.9 Å². The minimum atomic E-state index is -3.68. The highest BCUT2D eigenvalue weighted by atomic mass is 32.2. The Balaban J connectivity index is 2.34. The molecular formula is C20H33N3O4S. The molecule has 7 nitrogen and oxygen atoms in total. The molecule has 1 aliphatic rings. The van der Waals surface area contributed by atoms with Gasteiger partial charge in [0.15, 0.2) is 0 Å². The van der Waals surface area contributed by atoms with E-state index in [1.54, 1.807) is 11.0 Å². The third kappa shape index (κ3) is 6.58. The van der Waals surface area contributed by atoms with Crippen LogP contribution >= 0.6 is 0 Å². The number of benzene rings is 1. The van der Waals surface area contributed by atoms with Crippen LogP contribution in [0.3, 0.4) is 0 Å². The molecule has 1 aliphatic carbocycles. The molecule has 0 atom stereocenters. The quantitative estimate of drug-likeness (QED) is 0.664. The van der Waals surface area contributed by atoms with E-state index in [1.807, 2.05) is 46.8 Å². The molecule has 0 saturated heterocycles. The summed E-state index contributed by atoms with van der Waals surface area (Å²) in [4.78, 5) is 16.6. The van der Waals surface area contributed by atoms with Gasteiger partial charge in [-0.05, 0) is 53.5 Å². The third-order valence-electron chi connectivity index (χ3n) is 4.49. The smallest absolute Gasteiger partial charge is 0.318 e. The zero-order chi connectivity index (χ0) is 21.1. The molecule has 0 unspecified atom stereocenters. The molecule has 0 aromatic heterocycles. The predicted molar refractivity (Wildman–Crippen MR) is 112 cm³/mol. The molecular weight excluding hydrogens is 378 g/mol. The Morgan fingerprint density at radius 3 is 2.29 bits per heavy atom. The van der Waals surface area contributed by atoms with E-state index in [2.05, 4.69) is 10.2 Å². The number of amides is 2. The van der Waals surface area contributed by atoms with Crippen molar-refractivity contribution in [2.24, 2.45) is 0 Å². The Bertz CT molecular complexity index is 794. The highest BCUT2D eigenvalue weighted by molar-refractivity contribution is 7.86. The molecule has 1 aromatic rings. The van der Waals surface area contributed by atoms with Crippen LogP contribution in [0.2, 0.25) is 0 Å². The lowest BCUT2D eigenvalue weighted by Gasteiger charge is -2.29. The second kappa shape index (κ2) is 8.59. The van der Waals surface area contributed by atoms with Gasteiger partial charge in [-0.25, -0.2) is 4.79 Å². The first-order valence-electron chi connectivity index (χ1n) is 9.79. The standard InChI is InChI=1S/C20H33N3O4S/c1-7-22(8-2)17-10-9-15(18(13-17)27-28(6,25)26)14-23(16-11-12-16)19(24)21-20(3,4)5/h9-10,13,16H,7-8,11-12,14H2,1-6H3,(H,21,24). The molecule has 1 aromatic carbocycles. The predicted octanol–water partition coefficient (Wildman–Crippen LogP) is 3.34. The first-order chi connectivity index (χ1) is 12.9. The average molecular weight is 412 g/mol. The average Bonchev–Trinajstić information content (AvgIpc) is 3.36. The zero-order valence-corrected chi connectivity index (χ0v) is 18.6. The highest BCUT2D eigenvalue weighted by Gasteiger charge is 2.34. The minimum absolute atomic E-state index is 0.145. The van der Waals surface area contributed by atoms with Gasteiger partial charge in [-0.1, -0.05) is 6.07 Å². The Morgan fingerprint density at radius 2 is 1.82 bits per heavy atom. The molecule has 28 heavy (non-hydrogen) atoms. The van der Waals surface area contributed by atoms with Crippen molar-refractivity contribution in [3.8, 4) is 5.75 Å². The van der Waals surface area contributed by atoms with Crippen molar-refractivity contribution >= 4 is 21.8 Å². The van der Waals surface area contributed by atoms with E-state index in [0.29, 0.717) is 12.1 Å². The lowest BCUT2D eigenvalue weighted by Crippen LogP contribution is -2.49. The normalized spacial score (nSPS) is 14.5. The van der Waals surface area contributed by atoms with E-state index in [4.69, 9.17) is 4.18 Å². The SMILES string of the molecule is CCN(CC)c1ccc(CN(C(=O)NC(C)(C)C)C2CC2)c(OS(C)(=O)=O)c1. The largest absolute Gasteiger partial charge is 0.382 e. The maximum absolute atomic E-state index is 12.8. The van der Waals surface area contributed by atoms with Crippen LogP contribution in [0.1, 0.15) is 53.0 Å². The van der Waals surface area contributed by atoms with Crippen molar-refractivity contribution < 1.29 is 17.4 Å². The van der Waals surface area contributed by atoms with Crippen LogP contribution in [-0.2, 0) is 16.7 Å². The van der Waals surface area contributed by atoms with Gasteiger partial charge in [0.1, 0.15) is 5.75 Å². The lowest BCUT2D eigenvalue weighted by molar-refractivity contribution is 0.182. The van der Waals surface area contributed by atoms with Crippen molar-refractivity contribution in [3.63, 3.8) is 0 Å². The first kappa shape index (κ1) is 22.3. The summed E-state index contributed by atoms with van der Waals surface area (Å²) in [6.45, 7) is 11.8. The molecule has 0 bridgehead atoms. The summed E-state index contributed by atoms with van der Waals surface area (Å²) < 4.78 is 28.9. The van der Waals surface area contributed by atoms with Gasteiger partial charge in [-0.2, -0.15) is 8.42 Å². The molecule has 158 valence electrons. The van der Waals surface area contributed by atoms with Crippen LogP contribution in [0.4, 0.5) is 10.5 Å². The molecule has 0 heterocycles. The first-order valence-corrected chi connectivity index (χ1v) is 11.6. The molecule has 0 spiro atoms. The summed E-state index contributed by atoms with van der Waals surface area (Å²) >= 11 is 0. The molecule has 2 amide bonds. The maximum Gasteiger partial charge on any atom is 0.318 e. The van der Waals surface area contributed by atoms with Gasteiger partial charge in [-0.15, -0.1) is 0 Å². The van der Waals surface area contributed by atoms with E-state index in [-0.39, 0.29) is 23.4 Å². The molecule has 2 rings (SSSR count). The van der Waals surface area contributed by atoms with Crippen molar-refractivity contribution in [2.45, 2.75) is 65.6 Å². The van der Waals surface area contributed by atoms with Gasteiger partial charge >= 0.3 is 16.1 Å². The second-order valence-corrected chi connectivity index (χ2v) is 9.87. The number of carbonyl (C=O) groups excluding carboxylic acids is 1. The molecule has 8 heteroatoms. The maximum atomic E-state index is 12.8. The van der Waals surface area contributed by atoms with Gasteiger partial charge in [-0.3, -0.25) is 0 Å². The summed E-state index contributed by atoms with van der Waals surface area (Å²) in [6.07, 6.45) is 2.94. The van der Waals surface area contributed by atoms with E-state index in [9.17, 15) is 13.2 Å². The Morgan fingerprint density at radius 1 is 1.21 bits per heavy atom. The molecule has 1 N–H and O–H groups in total. The van der Waals surface area contributed by atoms with Crippen LogP contribution in [0.5, 0.6) is 5.75 Å². The van der Waals surface area contributed by atoms with E-state index >= 15 is 0 Å². The van der Waals surface area contributed by atoms with Gasteiger partial charge in [0.25, 0.3) is 0 Å². The summed E-state index contributed by atoms with van der Waals surface area (Å²) in [7, 11) is -3.68. The molecule has 1 saturated carbocycles. The summed E-state index contributed by atoms with van der Waals surface area (Å²) in [5.41, 5.74) is 1.23. The topological polar surface area (TPSA) is 79.0 Å². The monoisotopic (exact) mass is 411 g/mol. The zero-order valence-electron chi connectivity index (χ0n) is 17.8. The van der Waals surface area contributed by atoms with Crippen LogP contribution in [-0.4, -0.2) is 50.3 Å². The van der Waals surface area contributed by atoms with Crippen molar-refractivity contribution in [1.82, 2.24) is 10.2 Å². The lowest BCUT2D eigenvalue weighted by atomic mass is 10.1. The Labute approximate surface area is 169 Å². The number of hydrogen-bond donors (Lipinski definition) is 1. The van der Waals surface area contributed by atoms with Gasteiger partial charge in [0, 0.05) is 42.0 Å². The van der Waals surface area contributed by atoms with Gasteiger partial charge < -0.3 is 19.3 Å². The number of nitrogens with zero attached hydrogens (tertiary/aromatic N) is 2. The van der Waals surface area contributed by atoms with E-state index < -0.39 is 10.1 Å². The number of nitrogens with one attached hydrogen (secondary N) is 1. The van der Waals surface area contributed by atoms with Crippen molar-refractivity contribution in [1.29, 1.82) is 0 Å². The number of anilines is 1. The van der Waals surface area contributed by atoms with Crippen LogP contribution in [0, 0.1) is 0 Å². The fraction of sp³-hybridized carbons (Fsp3) is 0.650. The van der Waals surface area contributed by atoms with Crippen LogP contribution in [0.15, 0.2) is 18.2 Å². The number of carbonyl (C=O) groups is 1. The Hall–Kier alpha value is -1.96. The second-order valence-electron chi connectivity index (χ2n) is 8.29. The van der Waals surface area contributed by atoms with Crippen molar-refractivity contribution in [3.05, 3.63) is 23.8 Å². The van der Waals surface area contributed by atoms with Gasteiger partial charge in [0.05, 0.1) is 12.8 Å². The highest BCUT2D eigenvalue weighted by Crippen LogP contribution is 2.33. The molecule has 0 radical (unpaired) electrons. The van der Waals surface area contributed by atoms with E-state index in [1.165, 1.54) is 0 Å². The summed E-state index contributed by atoms with van der Waals surface area (Å²) in [5.74, 6) is 0.279. The van der Waals surface area contributed by atoms with Crippen LogP contribution < -0.4 is 14.4 Å². The Kier molecular flexibility index (Phi) is 6.85. The minimum Gasteiger partial charge on any atom is -0.382 e. The molecule has 0 aliphatic heterocycles. The number of hydrogen-bond acceptors (Lipinski definition) is 5. The summed E-state index contributed by atoms with van der Waals surface area (Å²) in [6, 6.07) is 5.58. The third-order valence-corrected chi connectivity index (χ3v) is 4.97. The fourth-order valence-electron chi connectivity index (χ4n) is 3.03. The summed E-state index contributed by atoms with van der Waals surface area (Å²) in [5, 5.41) is 3.00.